The van der Waals surface area contributed by atoms with E-state index in [-0.39, 0.29) is 23.4 Å². The summed E-state index contributed by atoms with van der Waals surface area (Å²) in [4.78, 5) is 12.6. The average molecular weight is 393 g/mol. The molecule has 1 unspecified atom stereocenters. The first-order chi connectivity index (χ1) is 12.4. The van der Waals surface area contributed by atoms with Gasteiger partial charge >= 0.3 is 0 Å². The molecule has 2 rings (SSSR count). The Morgan fingerprint density at radius 1 is 1.19 bits per heavy atom. The molecule has 0 radical (unpaired) electrons. The number of hydrogen-bond donors (Lipinski definition) is 1. The van der Waals surface area contributed by atoms with E-state index in [4.69, 9.17) is 0 Å². The molecule has 0 aliphatic heterocycles. The zero-order valence-electron chi connectivity index (χ0n) is 17.0. The van der Waals surface area contributed by atoms with Crippen molar-refractivity contribution in [3.8, 4) is 0 Å². The van der Waals surface area contributed by atoms with Crippen LogP contribution in [0.4, 0.5) is 0 Å². The molecular weight excluding hydrogens is 364 g/mol. The number of nitrogens with one attached hydrogen (secondary N) is 1. The van der Waals surface area contributed by atoms with Crippen molar-refractivity contribution in [1.29, 1.82) is 0 Å². The van der Waals surface area contributed by atoms with Crippen molar-refractivity contribution in [2.75, 3.05) is 14.1 Å². The fourth-order valence-electron chi connectivity index (χ4n) is 2.93. The summed E-state index contributed by atoms with van der Waals surface area (Å²) in [5, 5.41) is 7.20. The Hall–Kier alpha value is -2.19. The first kappa shape index (κ1) is 21.1. The number of carbonyl (C=O) groups is 1. The largest absolute Gasteiger partial charge is 0.348 e. The van der Waals surface area contributed by atoms with Crippen molar-refractivity contribution in [3.63, 3.8) is 0 Å². The maximum atomic E-state index is 12.5. The number of benzene rings is 1. The fourth-order valence-corrected chi connectivity index (χ4v) is 4.19. The van der Waals surface area contributed by atoms with E-state index in [1.165, 1.54) is 29.9 Å². The van der Waals surface area contributed by atoms with E-state index in [0.717, 1.165) is 9.87 Å². The van der Waals surface area contributed by atoms with Gasteiger partial charge in [-0.1, -0.05) is 18.2 Å². The summed E-state index contributed by atoms with van der Waals surface area (Å²) in [5.74, 6) is -0.222. The monoisotopic (exact) mass is 392 g/mol. The second kappa shape index (κ2) is 7.82. The van der Waals surface area contributed by atoms with Crippen molar-refractivity contribution in [3.05, 3.63) is 46.3 Å². The molecule has 0 fully saturated rings. The van der Waals surface area contributed by atoms with Crippen LogP contribution in [0, 0.1) is 27.7 Å². The molecule has 0 aliphatic carbocycles. The summed E-state index contributed by atoms with van der Waals surface area (Å²) in [6.07, 6.45) is 0. The number of rotatable bonds is 6. The number of sulfonamides is 1. The van der Waals surface area contributed by atoms with Crippen LogP contribution in [0.1, 0.15) is 41.0 Å². The van der Waals surface area contributed by atoms with Crippen LogP contribution in [0.2, 0.25) is 0 Å². The molecule has 0 saturated carbocycles. The third-order valence-corrected chi connectivity index (χ3v) is 6.82. The summed E-state index contributed by atoms with van der Waals surface area (Å²) in [5.41, 5.74) is 4.24. The van der Waals surface area contributed by atoms with E-state index >= 15 is 0 Å². The summed E-state index contributed by atoms with van der Waals surface area (Å²) in [6, 6.07) is 5.94. The van der Waals surface area contributed by atoms with Crippen LogP contribution in [0.15, 0.2) is 23.1 Å². The van der Waals surface area contributed by atoms with Crippen molar-refractivity contribution >= 4 is 15.9 Å². The van der Waals surface area contributed by atoms with Crippen LogP contribution in [0.3, 0.4) is 0 Å². The van der Waals surface area contributed by atoms with E-state index in [9.17, 15) is 13.2 Å². The number of hydrogen-bond acceptors (Lipinski definition) is 4. The molecule has 27 heavy (non-hydrogen) atoms. The lowest BCUT2D eigenvalue weighted by Crippen LogP contribution is -2.31. The molecule has 1 amide bonds. The zero-order chi connectivity index (χ0) is 20.5. The molecule has 0 saturated heterocycles. The fraction of sp³-hybridized carbons (Fsp3) is 0.474. The van der Waals surface area contributed by atoms with Gasteiger partial charge in [0.25, 0.3) is 0 Å². The van der Waals surface area contributed by atoms with Crippen molar-refractivity contribution < 1.29 is 13.2 Å². The highest BCUT2D eigenvalue weighted by atomic mass is 32.2. The van der Waals surface area contributed by atoms with Crippen LogP contribution in [-0.4, -0.2) is 42.5 Å². The van der Waals surface area contributed by atoms with Gasteiger partial charge in [0.05, 0.1) is 17.4 Å². The average Bonchev–Trinajstić information content (AvgIpc) is 2.83. The number of carbonyl (C=O) groups excluding carboxylic acids is 1. The predicted molar refractivity (Wildman–Crippen MR) is 105 cm³/mol. The molecule has 148 valence electrons. The topological polar surface area (TPSA) is 84.3 Å². The third-order valence-electron chi connectivity index (χ3n) is 4.76. The minimum Gasteiger partial charge on any atom is -0.348 e. The molecule has 7 nitrogen and oxygen atoms in total. The van der Waals surface area contributed by atoms with Crippen LogP contribution < -0.4 is 5.32 Å². The molecule has 2 aromatic rings. The predicted octanol–water partition coefficient (Wildman–Crippen LogP) is 2.24. The lowest BCUT2D eigenvalue weighted by atomic mass is 10.0. The van der Waals surface area contributed by atoms with Crippen LogP contribution in [0.25, 0.3) is 0 Å². The van der Waals surface area contributed by atoms with Gasteiger partial charge in [0.1, 0.15) is 11.4 Å². The van der Waals surface area contributed by atoms with E-state index < -0.39 is 10.0 Å². The Morgan fingerprint density at radius 2 is 1.81 bits per heavy atom. The molecule has 1 atom stereocenters. The second-order valence-electron chi connectivity index (χ2n) is 7.08. The lowest BCUT2D eigenvalue weighted by molar-refractivity contribution is -0.122. The molecule has 0 spiro atoms. The zero-order valence-corrected chi connectivity index (χ0v) is 17.8. The maximum absolute atomic E-state index is 12.5. The van der Waals surface area contributed by atoms with Crippen molar-refractivity contribution in [1.82, 2.24) is 19.4 Å². The maximum Gasteiger partial charge on any atom is 0.246 e. The molecule has 1 aromatic heterocycles. The number of amides is 1. The number of aryl methyl sites for hydroxylation is 3. The van der Waals surface area contributed by atoms with E-state index in [0.29, 0.717) is 11.4 Å². The van der Waals surface area contributed by atoms with E-state index in [1.54, 1.807) is 13.8 Å². The number of nitrogens with zero attached hydrogens (tertiary/aromatic N) is 3. The summed E-state index contributed by atoms with van der Waals surface area (Å²) < 4.78 is 27.5. The highest BCUT2D eigenvalue weighted by Crippen LogP contribution is 2.22. The Morgan fingerprint density at radius 3 is 2.37 bits per heavy atom. The Balaban J connectivity index is 2.18. The molecule has 0 bridgehead atoms. The highest BCUT2D eigenvalue weighted by Gasteiger charge is 2.27. The lowest BCUT2D eigenvalue weighted by Gasteiger charge is -2.16. The first-order valence-corrected chi connectivity index (χ1v) is 10.2. The molecule has 8 heteroatoms. The third kappa shape index (κ3) is 4.39. The first-order valence-electron chi connectivity index (χ1n) is 8.78. The van der Waals surface area contributed by atoms with Crippen LogP contribution >= 0.6 is 0 Å². The quantitative estimate of drug-likeness (QED) is 0.817. The Bertz CT molecular complexity index is 962. The van der Waals surface area contributed by atoms with Crippen LogP contribution in [0.5, 0.6) is 0 Å². The van der Waals surface area contributed by atoms with Gasteiger partial charge in [0, 0.05) is 14.1 Å². The second-order valence-corrected chi connectivity index (χ2v) is 9.17. The minimum absolute atomic E-state index is 0.0369. The van der Waals surface area contributed by atoms with E-state index in [1.807, 2.05) is 32.9 Å². The van der Waals surface area contributed by atoms with Crippen molar-refractivity contribution in [2.24, 2.45) is 0 Å². The van der Waals surface area contributed by atoms with Gasteiger partial charge < -0.3 is 5.32 Å². The van der Waals surface area contributed by atoms with Gasteiger partial charge in [0.15, 0.2) is 0 Å². The SMILES string of the molecule is Cc1ccc(C(C)NC(=O)Cn2nc(C)c(S(=O)(=O)N(C)C)c2C)cc1C. The van der Waals surface area contributed by atoms with Gasteiger partial charge in [-0.15, -0.1) is 0 Å². The van der Waals surface area contributed by atoms with Gasteiger partial charge in [-0.3, -0.25) is 9.48 Å². The molecule has 1 N–H and O–H groups in total. The van der Waals surface area contributed by atoms with Gasteiger partial charge in [-0.05, 0) is 51.3 Å². The number of aromatic nitrogens is 2. The highest BCUT2D eigenvalue weighted by molar-refractivity contribution is 7.89. The molecule has 0 aliphatic rings. The molecule has 1 aromatic carbocycles. The smallest absolute Gasteiger partial charge is 0.246 e. The standard InChI is InChI=1S/C19H28N4O3S/c1-12-8-9-17(10-13(12)2)14(3)20-18(24)11-23-16(5)19(15(4)21-23)27(25,26)22(6)7/h8-10,14H,11H2,1-7H3,(H,20,24). The normalized spacial score (nSPS) is 13.0. The van der Waals surface area contributed by atoms with Gasteiger partial charge in [-0.25, -0.2) is 12.7 Å². The van der Waals surface area contributed by atoms with Crippen LogP contribution in [-0.2, 0) is 21.4 Å². The summed E-state index contributed by atoms with van der Waals surface area (Å²) in [7, 11) is -0.658. The summed E-state index contributed by atoms with van der Waals surface area (Å²) in [6.45, 7) is 9.27. The Kier molecular flexibility index (Phi) is 6.11. The van der Waals surface area contributed by atoms with Gasteiger partial charge in [0.2, 0.25) is 15.9 Å². The molecular formula is C19H28N4O3S. The molecule has 1 heterocycles. The van der Waals surface area contributed by atoms with Gasteiger partial charge in [-0.2, -0.15) is 5.10 Å². The Labute approximate surface area is 161 Å². The minimum atomic E-state index is -3.61. The van der Waals surface area contributed by atoms with E-state index in [2.05, 4.69) is 16.5 Å². The summed E-state index contributed by atoms with van der Waals surface area (Å²) >= 11 is 0. The van der Waals surface area contributed by atoms with Crippen molar-refractivity contribution in [2.45, 2.75) is 52.1 Å².